The number of hydrogen-bond acceptors (Lipinski definition) is 3. The molecule has 0 aromatic carbocycles. The predicted molar refractivity (Wildman–Crippen MR) is 46.7 cm³/mol. The Bertz CT molecular complexity index is 230. The Kier molecular flexibility index (Phi) is 3.60. The van der Waals surface area contributed by atoms with E-state index in [-0.39, 0.29) is 6.42 Å². The second-order valence-corrected chi connectivity index (χ2v) is 3.19. The van der Waals surface area contributed by atoms with Crippen LogP contribution >= 0.6 is 11.3 Å². The molecule has 0 saturated carbocycles. The third-order valence-corrected chi connectivity index (χ3v) is 2.05. The van der Waals surface area contributed by atoms with Crippen LogP contribution in [0, 0.1) is 0 Å². The van der Waals surface area contributed by atoms with Crippen LogP contribution in [0.4, 0.5) is 0 Å². The molecule has 0 spiro atoms. The standard InChI is InChI=1S/C8H10O3S/c9-7(10)3-1-5-11-8-4-2-6-12-8/h2,4,6H,1,3,5H2,(H,9,10). The van der Waals surface area contributed by atoms with Gasteiger partial charge in [0.1, 0.15) is 0 Å². The summed E-state index contributed by atoms with van der Waals surface area (Å²) in [6, 6.07) is 3.77. The maximum absolute atomic E-state index is 10.1. The molecule has 4 heteroatoms. The lowest BCUT2D eigenvalue weighted by atomic mass is 10.3. The molecule has 1 heterocycles. The van der Waals surface area contributed by atoms with Crippen molar-refractivity contribution in [3.8, 4) is 5.06 Å². The summed E-state index contributed by atoms with van der Waals surface area (Å²) in [6.45, 7) is 0.479. The van der Waals surface area contributed by atoms with Crippen LogP contribution < -0.4 is 4.74 Å². The van der Waals surface area contributed by atoms with Gasteiger partial charge < -0.3 is 9.84 Å². The lowest BCUT2D eigenvalue weighted by Gasteiger charge is -2.00. The summed E-state index contributed by atoms with van der Waals surface area (Å²) in [5, 5.41) is 11.1. The number of ether oxygens (including phenoxy) is 1. The third kappa shape index (κ3) is 3.39. The normalized spacial score (nSPS) is 9.67. The third-order valence-electron chi connectivity index (χ3n) is 1.27. The highest BCUT2D eigenvalue weighted by Gasteiger charge is 1.97. The molecular formula is C8H10O3S. The molecule has 0 radical (unpaired) electrons. The van der Waals surface area contributed by atoms with Crippen LogP contribution in [-0.4, -0.2) is 17.7 Å². The molecule has 0 atom stereocenters. The first-order valence-corrected chi connectivity index (χ1v) is 4.55. The van der Waals surface area contributed by atoms with Gasteiger partial charge in [-0.05, 0) is 23.9 Å². The van der Waals surface area contributed by atoms with Crippen molar-refractivity contribution < 1.29 is 14.6 Å². The number of carboxylic acids is 1. The lowest BCUT2D eigenvalue weighted by molar-refractivity contribution is -0.137. The smallest absolute Gasteiger partial charge is 0.303 e. The van der Waals surface area contributed by atoms with Crippen molar-refractivity contribution >= 4 is 17.3 Å². The van der Waals surface area contributed by atoms with Gasteiger partial charge in [-0.3, -0.25) is 4.79 Å². The second kappa shape index (κ2) is 4.77. The average molecular weight is 186 g/mol. The molecule has 1 aromatic rings. The van der Waals surface area contributed by atoms with Gasteiger partial charge in [-0.15, -0.1) is 11.3 Å². The fourth-order valence-electron chi connectivity index (χ4n) is 0.742. The average Bonchev–Trinajstić information content (AvgIpc) is 2.49. The van der Waals surface area contributed by atoms with Crippen LogP contribution in [0.15, 0.2) is 17.5 Å². The Labute approximate surface area is 74.6 Å². The fourth-order valence-corrected chi connectivity index (χ4v) is 1.34. The Morgan fingerprint density at radius 3 is 3.08 bits per heavy atom. The number of carboxylic acid groups (broad SMARTS) is 1. The number of carbonyl (C=O) groups is 1. The van der Waals surface area contributed by atoms with Gasteiger partial charge in [0.2, 0.25) is 0 Å². The molecule has 1 aromatic heterocycles. The van der Waals surface area contributed by atoms with Gasteiger partial charge in [-0.1, -0.05) is 0 Å². The molecule has 0 aliphatic heterocycles. The topological polar surface area (TPSA) is 46.5 Å². The van der Waals surface area contributed by atoms with E-state index in [2.05, 4.69) is 0 Å². The second-order valence-electron chi connectivity index (χ2n) is 2.28. The highest BCUT2D eigenvalue weighted by atomic mass is 32.1. The quantitative estimate of drug-likeness (QED) is 0.715. The molecule has 3 nitrogen and oxygen atoms in total. The van der Waals surface area contributed by atoms with E-state index in [9.17, 15) is 4.79 Å². The van der Waals surface area contributed by atoms with Crippen LogP contribution in [0.5, 0.6) is 5.06 Å². The van der Waals surface area contributed by atoms with Crippen LogP contribution in [0.3, 0.4) is 0 Å². The van der Waals surface area contributed by atoms with Gasteiger partial charge >= 0.3 is 5.97 Å². The SMILES string of the molecule is O=C(O)CCCOc1cccs1. The summed E-state index contributed by atoms with van der Waals surface area (Å²) < 4.78 is 5.25. The summed E-state index contributed by atoms with van der Waals surface area (Å²) in [5.74, 6) is -0.773. The Morgan fingerprint density at radius 2 is 2.50 bits per heavy atom. The maximum atomic E-state index is 10.1. The zero-order valence-electron chi connectivity index (χ0n) is 6.53. The zero-order valence-corrected chi connectivity index (χ0v) is 7.34. The molecule has 0 amide bonds. The maximum Gasteiger partial charge on any atom is 0.303 e. The van der Waals surface area contributed by atoms with Crippen molar-refractivity contribution in [3.05, 3.63) is 17.5 Å². The molecule has 1 rings (SSSR count). The van der Waals surface area contributed by atoms with Crippen LogP contribution in [0.2, 0.25) is 0 Å². The summed E-state index contributed by atoms with van der Waals surface area (Å²) >= 11 is 1.51. The lowest BCUT2D eigenvalue weighted by Crippen LogP contribution is -2.00. The summed E-state index contributed by atoms with van der Waals surface area (Å²) in [4.78, 5) is 10.1. The first-order chi connectivity index (χ1) is 5.79. The molecule has 12 heavy (non-hydrogen) atoms. The van der Waals surface area contributed by atoms with Gasteiger partial charge in [-0.2, -0.15) is 0 Å². The van der Waals surface area contributed by atoms with Crippen LogP contribution in [0.25, 0.3) is 0 Å². The van der Waals surface area contributed by atoms with E-state index >= 15 is 0 Å². The van der Waals surface area contributed by atoms with Crippen molar-refractivity contribution in [1.82, 2.24) is 0 Å². The summed E-state index contributed by atoms with van der Waals surface area (Å²) in [7, 11) is 0. The molecule has 0 unspecified atom stereocenters. The van der Waals surface area contributed by atoms with E-state index in [4.69, 9.17) is 9.84 Å². The summed E-state index contributed by atoms with van der Waals surface area (Å²) in [6.07, 6.45) is 0.735. The largest absolute Gasteiger partial charge is 0.484 e. The van der Waals surface area contributed by atoms with Crippen LogP contribution in [-0.2, 0) is 4.79 Å². The summed E-state index contributed by atoms with van der Waals surface area (Å²) in [5.41, 5.74) is 0. The van der Waals surface area contributed by atoms with Gasteiger partial charge in [0, 0.05) is 6.42 Å². The van der Waals surface area contributed by atoms with E-state index in [1.54, 1.807) is 0 Å². The van der Waals surface area contributed by atoms with Crippen molar-refractivity contribution in [2.75, 3.05) is 6.61 Å². The highest BCUT2D eigenvalue weighted by molar-refractivity contribution is 7.11. The Hall–Kier alpha value is -1.03. The van der Waals surface area contributed by atoms with Crippen molar-refractivity contribution in [3.63, 3.8) is 0 Å². The Balaban J connectivity index is 2.07. The number of thiophene rings is 1. The van der Waals surface area contributed by atoms with E-state index < -0.39 is 5.97 Å². The van der Waals surface area contributed by atoms with Gasteiger partial charge in [0.15, 0.2) is 5.06 Å². The minimum Gasteiger partial charge on any atom is -0.484 e. The predicted octanol–water partition coefficient (Wildman–Crippen LogP) is 1.99. The first-order valence-electron chi connectivity index (χ1n) is 3.67. The molecule has 0 aliphatic carbocycles. The highest BCUT2D eigenvalue weighted by Crippen LogP contribution is 2.18. The van der Waals surface area contributed by atoms with Gasteiger partial charge in [-0.25, -0.2) is 0 Å². The number of aliphatic carboxylic acids is 1. The monoisotopic (exact) mass is 186 g/mol. The number of hydrogen-bond donors (Lipinski definition) is 1. The minimum atomic E-state index is -0.773. The molecule has 66 valence electrons. The molecule has 0 aliphatic rings. The van der Waals surface area contributed by atoms with Crippen molar-refractivity contribution in [2.45, 2.75) is 12.8 Å². The molecule has 1 N–H and O–H groups in total. The number of rotatable bonds is 5. The Morgan fingerprint density at radius 1 is 1.67 bits per heavy atom. The van der Waals surface area contributed by atoms with E-state index in [0.29, 0.717) is 13.0 Å². The zero-order chi connectivity index (χ0) is 8.81. The van der Waals surface area contributed by atoms with Crippen molar-refractivity contribution in [2.24, 2.45) is 0 Å². The molecule has 0 bridgehead atoms. The fraction of sp³-hybridized carbons (Fsp3) is 0.375. The first kappa shape index (κ1) is 9.06. The van der Waals surface area contributed by atoms with Crippen molar-refractivity contribution in [1.29, 1.82) is 0 Å². The molecule has 0 fully saturated rings. The molecular weight excluding hydrogens is 176 g/mol. The molecule has 0 saturated heterocycles. The van der Waals surface area contributed by atoms with E-state index in [0.717, 1.165) is 5.06 Å². The minimum absolute atomic E-state index is 0.172. The van der Waals surface area contributed by atoms with Gasteiger partial charge in [0.25, 0.3) is 0 Å². The van der Waals surface area contributed by atoms with E-state index in [1.807, 2.05) is 17.5 Å². The van der Waals surface area contributed by atoms with Crippen LogP contribution in [0.1, 0.15) is 12.8 Å². The van der Waals surface area contributed by atoms with Gasteiger partial charge in [0.05, 0.1) is 6.61 Å². The van der Waals surface area contributed by atoms with E-state index in [1.165, 1.54) is 11.3 Å².